The number of thiazole rings is 1. The van der Waals surface area contributed by atoms with Crippen molar-refractivity contribution >= 4 is 23.2 Å². The Kier molecular flexibility index (Phi) is 6.85. The van der Waals surface area contributed by atoms with Crippen LogP contribution in [-0.4, -0.2) is 61.0 Å². The summed E-state index contributed by atoms with van der Waals surface area (Å²) >= 11 is 1.73. The van der Waals surface area contributed by atoms with Crippen LogP contribution in [0.5, 0.6) is 0 Å². The summed E-state index contributed by atoms with van der Waals surface area (Å²) in [4.78, 5) is 22.6. The number of likely N-dealkylation sites (tertiary alicyclic amines) is 1. The van der Waals surface area contributed by atoms with E-state index in [1.165, 1.54) is 18.5 Å². The first-order valence-corrected chi connectivity index (χ1v) is 10.4. The molecule has 0 saturated carbocycles. The highest BCUT2D eigenvalue weighted by Gasteiger charge is 2.21. The zero-order valence-electron chi connectivity index (χ0n) is 15.8. The highest BCUT2D eigenvalue weighted by Crippen LogP contribution is 2.19. The van der Waals surface area contributed by atoms with Gasteiger partial charge in [-0.1, -0.05) is 0 Å². The third kappa shape index (κ3) is 5.67. The molecule has 26 heavy (non-hydrogen) atoms. The van der Waals surface area contributed by atoms with E-state index < -0.39 is 0 Å². The molecular weight excluding hydrogens is 348 g/mol. The van der Waals surface area contributed by atoms with Crippen LogP contribution in [0.15, 0.2) is 10.4 Å². The summed E-state index contributed by atoms with van der Waals surface area (Å²) in [5, 5.41) is 13.1. The Morgan fingerprint density at radius 1 is 1.42 bits per heavy atom. The predicted octanol–water partition coefficient (Wildman–Crippen LogP) is 1.11. The Morgan fingerprint density at radius 2 is 2.23 bits per heavy atom. The molecule has 0 aliphatic carbocycles. The molecule has 7 nitrogen and oxygen atoms in total. The molecule has 2 fully saturated rings. The van der Waals surface area contributed by atoms with Gasteiger partial charge in [-0.15, -0.1) is 11.3 Å². The maximum Gasteiger partial charge on any atom is 0.220 e. The zero-order chi connectivity index (χ0) is 18.4. The lowest BCUT2D eigenvalue weighted by atomic mass is 9.97. The Hall–Kier alpha value is -1.67. The lowest BCUT2D eigenvalue weighted by Gasteiger charge is -2.32. The van der Waals surface area contributed by atoms with Gasteiger partial charge in [0.15, 0.2) is 5.96 Å². The summed E-state index contributed by atoms with van der Waals surface area (Å²) in [6, 6.07) is 0.266. The van der Waals surface area contributed by atoms with Gasteiger partial charge in [0.2, 0.25) is 5.91 Å². The molecule has 3 rings (SSSR count). The highest BCUT2D eigenvalue weighted by atomic mass is 32.1. The molecule has 2 aliphatic heterocycles. The fourth-order valence-corrected chi connectivity index (χ4v) is 4.15. The minimum absolute atomic E-state index is 0.144. The van der Waals surface area contributed by atoms with E-state index in [2.05, 4.69) is 43.1 Å². The van der Waals surface area contributed by atoms with E-state index in [1.807, 2.05) is 0 Å². The Balaban J connectivity index is 1.35. The number of piperidine rings is 2. The molecule has 8 heteroatoms. The number of hydrogen-bond donors (Lipinski definition) is 3. The highest BCUT2D eigenvalue weighted by molar-refractivity contribution is 7.09. The summed E-state index contributed by atoms with van der Waals surface area (Å²) in [7, 11) is 1.80. The van der Waals surface area contributed by atoms with Crippen LogP contribution in [0.1, 0.15) is 36.4 Å². The number of nitrogens with one attached hydrogen (secondary N) is 3. The van der Waals surface area contributed by atoms with E-state index in [9.17, 15) is 4.79 Å². The van der Waals surface area contributed by atoms with Crippen LogP contribution in [0.4, 0.5) is 0 Å². The van der Waals surface area contributed by atoms with Gasteiger partial charge in [-0.2, -0.15) is 0 Å². The third-order valence-corrected chi connectivity index (χ3v) is 5.97. The number of amides is 1. The number of carbonyl (C=O) groups is 1. The molecule has 0 spiro atoms. The largest absolute Gasteiger partial charge is 0.356 e. The molecule has 1 atom stereocenters. The smallest absolute Gasteiger partial charge is 0.220 e. The van der Waals surface area contributed by atoms with Crippen molar-refractivity contribution in [1.29, 1.82) is 0 Å². The number of aliphatic imine (C=N–C) groups is 1. The van der Waals surface area contributed by atoms with Crippen molar-refractivity contribution in [3.63, 3.8) is 0 Å². The standard InChI is InChI=1S/C18H30N6OS/c1-13-22-16(12-26-13)11-24-7-5-14(6-8-24)9-21-18(19-2)23-15-3-4-17(25)20-10-15/h12,14-15H,3-11H2,1-2H3,(H,20,25)(H2,19,21,23). The van der Waals surface area contributed by atoms with Gasteiger partial charge in [0, 0.05) is 44.5 Å². The van der Waals surface area contributed by atoms with Crippen LogP contribution >= 0.6 is 11.3 Å². The van der Waals surface area contributed by atoms with Crippen molar-refractivity contribution in [3.8, 4) is 0 Å². The fraction of sp³-hybridized carbons (Fsp3) is 0.722. The Morgan fingerprint density at radius 3 is 2.85 bits per heavy atom. The number of carbonyl (C=O) groups excluding carboxylic acids is 1. The van der Waals surface area contributed by atoms with E-state index in [0.29, 0.717) is 18.9 Å². The lowest BCUT2D eigenvalue weighted by molar-refractivity contribution is -0.122. The average molecular weight is 379 g/mol. The monoisotopic (exact) mass is 378 g/mol. The van der Waals surface area contributed by atoms with Crippen molar-refractivity contribution in [3.05, 3.63) is 16.1 Å². The van der Waals surface area contributed by atoms with Gasteiger partial charge in [-0.25, -0.2) is 4.98 Å². The van der Waals surface area contributed by atoms with Crippen LogP contribution in [-0.2, 0) is 11.3 Å². The molecule has 1 aromatic heterocycles. The van der Waals surface area contributed by atoms with Crippen molar-refractivity contribution in [2.24, 2.45) is 10.9 Å². The summed E-state index contributed by atoms with van der Waals surface area (Å²) in [6.07, 6.45) is 3.85. The van der Waals surface area contributed by atoms with Crippen molar-refractivity contribution in [2.75, 3.05) is 33.2 Å². The van der Waals surface area contributed by atoms with E-state index in [1.54, 1.807) is 18.4 Å². The van der Waals surface area contributed by atoms with E-state index in [0.717, 1.165) is 43.6 Å². The summed E-state index contributed by atoms with van der Waals surface area (Å²) in [5.74, 6) is 1.66. The van der Waals surface area contributed by atoms with Crippen molar-refractivity contribution in [2.45, 2.75) is 45.2 Å². The minimum Gasteiger partial charge on any atom is -0.356 e. The molecule has 1 amide bonds. The predicted molar refractivity (Wildman–Crippen MR) is 105 cm³/mol. The van der Waals surface area contributed by atoms with E-state index in [4.69, 9.17) is 0 Å². The number of hydrogen-bond acceptors (Lipinski definition) is 5. The van der Waals surface area contributed by atoms with Crippen LogP contribution in [0.25, 0.3) is 0 Å². The molecular formula is C18H30N6OS. The number of aromatic nitrogens is 1. The second-order valence-corrected chi connectivity index (χ2v) is 8.28. The van der Waals surface area contributed by atoms with Gasteiger partial charge in [-0.3, -0.25) is 14.7 Å². The molecule has 144 valence electrons. The fourth-order valence-electron chi connectivity index (χ4n) is 3.54. The molecule has 0 bridgehead atoms. The maximum atomic E-state index is 11.2. The SMILES string of the molecule is CN=C(NCC1CCN(Cc2csc(C)n2)CC1)NC1CCC(=O)NC1. The maximum absolute atomic E-state index is 11.2. The van der Waals surface area contributed by atoms with Crippen LogP contribution in [0.2, 0.25) is 0 Å². The van der Waals surface area contributed by atoms with Gasteiger partial charge < -0.3 is 16.0 Å². The number of guanidine groups is 1. The quantitative estimate of drug-likeness (QED) is 0.528. The van der Waals surface area contributed by atoms with Crippen LogP contribution < -0.4 is 16.0 Å². The van der Waals surface area contributed by atoms with Gasteiger partial charge in [0.05, 0.1) is 10.7 Å². The Labute approximate surface area is 159 Å². The topological polar surface area (TPSA) is 81.7 Å². The molecule has 0 radical (unpaired) electrons. The minimum atomic E-state index is 0.144. The van der Waals surface area contributed by atoms with Crippen molar-refractivity contribution < 1.29 is 4.79 Å². The molecule has 1 unspecified atom stereocenters. The molecule has 2 saturated heterocycles. The van der Waals surface area contributed by atoms with Crippen LogP contribution in [0.3, 0.4) is 0 Å². The summed E-state index contributed by atoms with van der Waals surface area (Å²) in [6.45, 7) is 6.92. The molecule has 1 aromatic rings. The molecule has 0 aromatic carbocycles. The summed E-state index contributed by atoms with van der Waals surface area (Å²) < 4.78 is 0. The first-order chi connectivity index (χ1) is 12.6. The molecule has 3 heterocycles. The van der Waals surface area contributed by atoms with Crippen LogP contribution in [0, 0.1) is 12.8 Å². The van der Waals surface area contributed by atoms with Crippen molar-refractivity contribution in [1.82, 2.24) is 25.8 Å². The first kappa shape index (κ1) is 19.1. The third-order valence-electron chi connectivity index (χ3n) is 5.15. The lowest BCUT2D eigenvalue weighted by Crippen LogP contribution is -2.52. The normalized spacial score (nSPS) is 22.9. The molecule has 3 N–H and O–H groups in total. The van der Waals surface area contributed by atoms with E-state index in [-0.39, 0.29) is 11.9 Å². The van der Waals surface area contributed by atoms with Gasteiger partial charge in [-0.05, 0) is 45.2 Å². The average Bonchev–Trinajstić information content (AvgIpc) is 3.06. The zero-order valence-corrected chi connectivity index (χ0v) is 16.6. The number of nitrogens with zero attached hydrogens (tertiary/aromatic N) is 3. The Bertz CT molecular complexity index is 613. The summed E-state index contributed by atoms with van der Waals surface area (Å²) in [5.41, 5.74) is 1.20. The number of rotatable bonds is 5. The second-order valence-electron chi connectivity index (χ2n) is 7.21. The van der Waals surface area contributed by atoms with Gasteiger partial charge >= 0.3 is 0 Å². The number of aryl methyl sites for hydroxylation is 1. The van der Waals surface area contributed by atoms with Gasteiger partial charge in [0.1, 0.15) is 0 Å². The van der Waals surface area contributed by atoms with Gasteiger partial charge in [0.25, 0.3) is 0 Å². The first-order valence-electron chi connectivity index (χ1n) is 9.49. The molecule has 2 aliphatic rings. The second kappa shape index (κ2) is 9.32. The van der Waals surface area contributed by atoms with E-state index >= 15 is 0 Å².